The number of aryl methyl sites for hydroxylation is 1. The Morgan fingerprint density at radius 3 is 2.83 bits per heavy atom. The van der Waals surface area contributed by atoms with E-state index in [4.69, 9.17) is 5.26 Å². The van der Waals surface area contributed by atoms with E-state index in [-0.39, 0.29) is 17.0 Å². The maximum atomic E-state index is 13.3. The zero-order valence-corrected chi connectivity index (χ0v) is 13.5. The lowest BCUT2D eigenvalue weighted by molar-refractivity contribution is 0.579. The number of hydrogen-bond donors (Lipinski definition) is 1. The monoisotopic (exact) mass is 344 g/mol. The lowest BCUT2D eigenvalue weighted by Crippen LogP contribution is -2.23. The number of aromatic nitrogens is 2. The quantitative estimate of drug-likeness (QED) is 0.785. The average molecular weight is 344 g/mol. The standard InChI is InChI=1S/C16H13FN4O2S/c1-11-3-2-4-16-20-13(10-21(11)16)9-19-24(22,23)14-5-6-15(17)12(7-14)8-18/h2-7,10,19H,9H2,1H3. The van der Waals surface area contributed by atoms with Crippen LogP contribution in [0.4, 0.5) is 4.39 Å². The Kier molecular flexibility index (Phi) is 4.05. The number of rotatable bonds is 4. The van der Waals surface area contributed by atoms with E-state index in [0.29, 0.717) is 5.69 Å². The Bertz CT molecular complexity index is 1070. The minimum absolute atomic E-state index is 0.0112. The predicted molar refractivity (Wildman–Crippen MR) is 85.1 cm³/mol. The first-order chi connectivity index (χ1) is 11.4. The predicted octanol–water partition coefficient (Wildman–Crippen LogP) is 2.13. The number of halogens is 1. The first-order valence-corrected chi connectivity index (χ1v) is 8.52. The van der Waals surface area contributed by atoms with E-state index in [1.165, 1.54) is 0 Å². The lowest BCUT2D eigenvalue weighted by atomic mass is 10.2. The van der Waals surface area contributed by atoms with Crippen molar-refractivity contribution in [2.45, 2.75) is 18.4 Å². The second kappa shape index (κ2) is 6.03. The number of fused-ring (bicyclic) bond motifs is 1. The number of benzene rings is 1. The zero-order chi connectivity index (χ0) is 17.3. The minimum Gasteiger partial charge on any atom is -0.304 e. The fourth-order valence-corrected chi connectivity index (χ4v) is 3.32. The Morgan fingerprint density at radius 1 is 1.33 bits per heavy atom. The molecule has 0 aliphatic heterocycles. The summed E-state index contributed by atoms with van der Waals surface area (Å²) in [7, 11) is -3.87. The second-order valence-electron chi connectivity index (χ2n) is 5.21. The SMILES string of the molecule is Cc1cccc2nc(CNS(=O)(=O)c3ccc(F)c(C#N)c3)cn12. The molecule has 0 radical (unpaired) electrons. The van der Waals surface area contributed by atoms with Gasteiger partial charge >= 0.3 is 0 Å². The fourth-order valence-electron chi connectivity index (χ4n) is 2.29. The van der Waals surface area contributed by atoms with Crippen LogP contribution in [0.5, 0.6) is 0 Å². The molecule has 0 atom stereocenters. The highest BCUT2D eigenvalue weighted by Crippen LogP contribution is 2.15. The van der Waals surface area contributed by atoms with E-state index >= 15 is 0 Å². The molecular formula is C16H13FN4O2S. The number of pyridine rings is 1. The molecule has 24 heavy (non-hydrogen) atoms. The molecule has 1 N–H and O–H groups in total. The van der Waals surface area contributed by atoms with Crippen molar-refractivity contribution in [3.8, 4) is 6.07 Å². The van der Waals surface area contributed by atoms with Crippen LogP contribution in [0.3, 0.4) is 0 Å². The Hall–Kier alpha value is -2.76. The van der Waals surface area contributed by atoms with Crippen LogP contribution in [0.15, 0.2) is 47.5 Å². The Labute approximate surface area is 138 Å². The molecular weight excluding hydrogens is 331 g/mol. The maximum Gasteiger partial charge on any atom is 0.240 e. The van der Waals surface area contributed by atoms with Crippen LogP contribution in [0.2, 0.25) is 0 Å². The van der Waals surface area contributed by atoms with Gasteiger partial charge in [-0.1, -0.05) is 6.07 Å². The number of nitrogens with one attached hydrogen (secondary N) is 1. The molecule has 122 valence electrons. The molecule has 0 bridgehead atoms. The van der Waals surface area contributed by atoms with Crippen LogP contribution < -0.4 is 4.72 Å². The van der Waals surface area contributed by atoms with E-state index in [0.717, 1.165) is 29.5 Å². The molecule has 0 saturated carbocycles. The van der Waals surface area contributed by atoms with Gasteiger partial charge in [0.2, 0.25) is 10.0 Å². The third kappa shape index (κ3) is 2.99. The topological polar surface area (TPSA) is 87.3 Å². The first-order valence-electron chi connectivity index (χ1n) is 7.03. The third-order valence-electron chi connectivity index (χ3n) is 3.56. The maximum absolute atomic E-state index is 13.3. The van der Waals surface area contributed by atoms with Crippen molar-refractivity contribution in [3.63, 3.8) is 0 Å². The van der Waals surface area contributed by atoms with Crippen LogP contribution >= 0.6 is 0 Å². The number of sulfonamides is 1. The van der Waals surface area contributed by atoms with Crippen LogP contribution in [0.25, 0.3) is 5.65 Å². The van der Waals surface area contributed by atoms with Crippen molar-refractivity contribution >= 4 is 15.7 Å². The summed E-state index contributed by atoms with van der Waals surface area (Å²) < 4.78 is 42.2. The van der Waals surface area contributed by atoms with Gasteiger partial charge < -0.3 is 4.40 Å². The van der Waals surface area contributed by atoms with Crippen LogP contribution in [-0.4, -0.2) is 17.8 Å². The molecule has 2 aromatic heterocycles. The van der Waals surface area contributed by atoms with E-state index < -0.39 is 15.8 Å². The van der Waals surface area contributed by atoms with E-state index in [9.17, 15) is 12.8 Å². The van der Waals surface area contributed by atoms with Gasteiger partial charge in [-0.05, 0) is 37.3 Å². The first kappa shape index (κ1) is 16.1. The summed E-state index contributed by atoms with van der Waals surface area (Å²) in [6.07, 6.45) is 1.75. The van der Waals surface area contributed by atoms with Crippen LogP contribution in [0.1, 0.15) is 17.0 Å². The highest BCUT2D eigenvalue weighted by Gasteiger charge is 2.17. The molecule has 0 amide bonds. The van der Waals surface area contributed by atoms with E-state index in [1.54, 1.807) is 12.3 Å². The van der Waals surface area contributed by atoms with Crippen molar-refractivity contribution in [1.82, 2.24) is 14.1 Å². The molecule has 0 unspecified atom stereocenters. The van der Waals surface area contributed by atoms with Gasteiger partial charge in [0, 0.05) is 11.9 Å². The van der Waals surface area contributed by atoms with Crippen molar-refractivity contribution in [2.24, 2.45) is 0 Å². The molecule has 0 aliphatic rings. The molecule has 0 aliphatic carbocycles. The van der Waals surface area contributed by atoms with Gasteiger partial charge in [0.15, 0.2) is 0 Å². The Morgan fingerprint density at radius 2 is 2.12 bits per heavy atom. The summed E-state index contributed by atoms with van der Waals surface area (Å²) in [6.45, 7) is 1.91. The van der Waals surface area contributed by atoms with Crippen molar-refractivity contribution in [2.75, 3.05) is 0 Å². The van der Waals surface area contributed by atoms with Crippen LogP contribution in [0, 0.1) is 24.1 Å². The van der Waals surface area contributed by atoms with Gasteiger partial charge in [0.1, 0.15) is 17.5 Å². The molecule has 0 saturated heterocycles. The summed E-state index contributed by atoms with van der Waals surface area (Å²) in [5.74, 6) is -0.757. The molecule has 0 fully saturated rings. The third-order valence-corrected chi connectivity index (χ3v) is 4.96. The van der Waals surface area contributed by atoms with Gasteiger partial charge in [0.25, 0.3) is 0 Å². The highest BCUT2D eigenvalue weighted by molar-refractivity contribution is 7.89. The average Bonchev–Trinajstić information content (AvgIpc) is 2.98. The molecule has 3 aromatic rings. The molecule has 0 spiro atoms. The number of nitriles is 1. The molecule has 1 aromatic carbocycles. The fraction of sp³-hybridized carbons (Fsp3) is 0.125. The smallest absolute Gasteiger partial charge is 0.240 e. The second-order valence-corrected chi connectivity index (χ2v) is 6.97. The number of hydrogen-bond acceptors (Lipinski definition) is 4. The Balaban J connectivity index is 1.84. The van der Waals surface area contributed by atoms with Gasteiger partial charge in [-0.25, -0.2) is 22.5 Å². The van der Waals surface area contributed by atoms with Gasteiger partial charge in [-0.2, -0.15) is 5.26 Å². The van der Waals surface area contributed by atoms with Crippen molar-refractivity contribution < 1.29 is 12.8 Å². The zero-order valence-electron chi connectivity index (χ0n) is 12.7. The minimum atomic E-state index is -3.87. The molecule has 2 heterocycles. The van der Waals surface area contributed by atoms with Crippen molar-refractivity contribution in [3.05, 3.63) is 65.4 Å². The summed E-state index contributed by atoms with van der Waals surface area (Å²) in [5, 5.41) is 8.81. The molecule has 8 heteroatoms. The summed E-state index contributed by atoms with van der Waals surface area (Å²) in [4.78, 5) is 4.18. The lowest BCUT2D eigenvalue weighted by Gasteiger charge is -2.06. The number of nitrogens with zero attached hydrogens (tertiary/aromatic N) is 3. The summed E-state index contributed by atoms with van der Waals surface area (Å²) in [6, 6.07) is 10.3. The summed E-state index contributed by atoms with van der Waals surface area (Å²) in [5.41, 5.74) is 1.93. The highest BCUT2D eigenvalue weighted by atomic mass is 32.2. The van der Waals surface area contributed by atoms with Gasteiger partial charge in [0.05, 0.1) is 22.7 Å². The molecule has 3 rings (SSSR count). The van der Waals surface area contributed by atoms with E-state index in [1.807, 2.05) is 29.5 Å². The van der Waals surface area contributed by atoms with Gasteiger partial charge in [-0.15, -0.1) is 0 Å². The van der Waals surface area contributed by atoms with Crippen molar-refractivity contribution in [1.29, 1.82) is 5.26 Å². The van der Waals surface area contributed by atoms with Gasteiger partial charge in [-0.3, -0.25) is 0 Å². The van der Waals surface area contributed by atoms with Crippen LogP contribution in [-0.2, 0) is 16.6 Å². The number of imidazole rings is 1. The molecule has 6 nitrogen and oxygen atoms in total. The van der Waals surface area contributed by atoms with E-state index in [2.05, 4.69) is 9.71 Å². The largest absolute Gasteiger partial charge is 0.304 e. The summed E-state index contributed by atoms with van der Waals surface area (Å²) >= 11 is 0. The normalized spacial score (nSPS) is 11.5.